The highest BCUT2D eigenvalue weighted by Gasteiger charge is 2.34. The molecular formula is C23H34O6. The van der Waals surface area contributed by atoms with Gasteiger partial charge in [0, 0.05) is 6.42 Å². The Balaban J connectivity index is 2.32. The Hall–Kier alpha value is -2.34. The molecule has 0 aliphatic carbocycles. The van der Waals surface area contributed by atoms with E-state index in [2.05, 4.69) is 6.92 Å². The van der Waals surface area contributed by atoms with Gasteiger partial charge in [0.15, 0.2) is 6.10 Å². The van der Waals surface area contributed by atoms with Crippen LogP contribution in [-0.2, 0) is 19.0 Å². The van der Waals surface area contributed by atoms with Gasteiger partial charge in [0.25, 0.3) is 0 Å². The van der Waals surface area contributed by atoms with Gasteiger partial charge in [-0.25, -0.2) is 4.79 Å². The molecule has 1 heterocycles. The second kappa shape index (κ2) is 15.6. The minimum atomic E-state index is -0.688. The van der Waals surface area contributed by atoms with Crippen LogP contribution in [0, 0.1) is 0 Å². The fraction of sp³-hybridized carbons (Fsp3) is 0.565. The summed E-state index contributed by atoms with van der Waals surface area (Å²) in [6.07, 6.45) is 18.1. The third kappa shape index (κ3) is 12.0. The molecule has 1 saturated heterocycles. The Bertz CT molecular complexity index is 590. The third-order valence-corrected chi connectivity index (χ3v) is 4.31. The molecule has 0 amide bonds. The highest BCUT2D eigenvalue weighted by molar-refractivity contribution is 5.69. The molecule has 3 atom stereocenters. The number of esters is 1. The van der Waals surface area contributed by atoms with E-state index < -0.39 is 24.5 Å². The van der Waals surface area contributed by atoms with E-state index in [1.165, 1.54) is 0 Å². The predicted molar refractivity (Wildman–Crippen MR) is 112 cm³/mol. The molecule has 1 rings (SSSR count). The first-order chi connectivity index (χ1) is 14.1. The molecule has 0 aromatic rings. The SMILES string of the molecule is CCCCC[C@H](O)/C=C/C=C\C=C\C=C\[C@H]1OC(=O)O[C@H]1CCCC(=O)OCC. The number of hydrogen-bond acceptors (Lipinski definition) is 6. The van der Waals surface area contributed by atoms with Crippen molar-refractivity contribution in [2.45, 2.75) is 77.1 Å². The van der Waals surface area contributed by atoms with Crippen LogP contribution in [0.15, 0.2) is 48.6 Å². The van der Waals surface area contributed by atoms with Gasteiger partial charge in [-0.1, -0.05) is 68.7 Å². The van der Waals surface area contributed by atoms with Gasteiger partial charge in [-0.15, -0.1) is 0 Å². The molecule has 0 unspecified atom stereocenters. The molecule has 6 nitrogen and oxygen atoms in total. The number of allylic oxidation sites excluding steroid dienone is 6. The Morgan fingerprint density at radius 1 is 1.07 bits per heavy atom. The molecule has 0 bridgehead atoms. The number of cyclic esters (lactones) is 2. The molecule has 1 aliphatic rings. The smallest absolute Gasteiger partial charge is 0.466 e. The molecule has 29 heavy (non-hydrogen) atoms. The van der Waals surface area contributed by atoms with Gasteiger partial charge in [0.2, 0.25) is 0 Å². The van der Waals surface area contributed by atoms with Crippen LogP contribution in [0.2, 0.25) is 0 Å². The van der Waals surface area contributed by atoms with E-state index in [4.69, 9.17) is 14.2 Å². The molecule has 1 fully saturated rings. The summed E-state index contributed by atoms with van der Waals surface area (Å²) in [5.74, 6) is -0.248. The quantitative estimate of drug-likeness (QED) is 0.254. The summed E-state index contributed by atoms with van der Waals surface area (Å²) >= 11 is 0. The van der Waals surface area contributed by atoms with Crippen molar-refractivity contribution in [3.8, 4) is 0 Å². The average Bonchev–Trinajstić information content (AvgIpc) is 3.03. The van der Waals surface area contributed by atoms with E-state index in [1.807, 2.05) is 30.4 Å². The minimum absolute atomic E-state index is 0.248. The van der Waals surface area contributed by atoms with Crippen LogP contribution in [0.1, 0.15) is 58.8 Å². The lowest BCUT2D eigenvalue weighted by atomic mass is 10.1. The summed E-state index contributed by atoms with van der Waals surface area (Å²) in [6, 6.07) is 0. The van der Waals surface area contributed by atoms with E-state index in [0.29, 0.717) is 25.9 Å². The number of carbonyl (C=O) groups excluding carboxylic acids is 2. The van der Waals surface area contributed by atoms with Crippen LogP contribution in [0.4, 0.5) is 4.79 Å². The first kappa shape index (κ1) is 24.7. The van der Waals surface area contributed by atoms with E-state index in [1.54, 1.807) is 25.2 Å². The van der Waals surface area contributed by atoms with Crippen LogP contribution in [-0.4, -0.2) is 42.1 Å². The van der Waals surface area contributed by atoms with Gasteiger partial charge in [-0.3, -0.25) is 4.79 Å². The van der Waals surface area contributed by atoms with Crippen molar-refractivity contribution in [2.75, 3.05) is 6.61 Å². The van der Waals surface area contributed by atoms with Gasteiger partial charge >= 0.3 is 12.1 Å². The second-order valence-corrected chi connectivity index (χ2v) is 6.79. The highest BCUT2D eigenvalue weighted by atomic mass is 16.8. The van der Waals surface area contributed by atoms with Gasteiger partial charge in [-0.05, 0) is 32.3 Å². The number of aliphatic hydroxyl groups excluding tert-OH is 1. The summed E-state index contributed by atoms with van der Waals surface area (Å²) in [7, 11) is 0. The molecule has 0 aromatic carbocycles. The van der Waals surface area contributed by atoms with Crippen LogP contribution in [0.5, 0.6) is 0 Å². The average molecular weight is 407 g/mol. The number of aliphatic hydroxyl groups is 1. The minimum Gasteiger partial charge on any atom is -0.466 e. The molecule has 1 N–H and O–H groups in total. The van der Waals surface area contributed by atoms with E-state index >= 15 is 0 Å². The fourth-order valence-electron chi connectivity index (χ4n) is 2.79. The number of unbranched alkanes of at least 4 members (excludes halogenated alkanes) is 2. The molecule has 162 valence electrons. The molecular weight excluding hydrogens is 372 g/mol. The Kier molecular flexibility index (Phi) is 13.3. The second-order valence-electron chi connectivity index (χ2n) is 6.79. The lowest BCUT2D eigenvalue weighted by Gasteiger charge is -2.11. The maximum Gasteiger partial charge on any atom is 0.509 e. The van der Waals surface area contributed by atoms with Crippen LogP contribution in [0.25, 0.3) is 0 Å². The first-order valence-corrected chi connectivity index (χ1v) is 10.5. The number of rotatable bonds is 14. The third-order valence-electron chi connectivity index (χ3n) is 4.31. The van der Waals surface area contributed by atoms with Crippen molar-refractivity contribution in [3.63, 3.8) is 0 Å². The van der Waals surface area contributed by atoms with Crippen molar-refractivity contribution < 1.29 is 28.9 Å². The van der Waals surface area contributed by atoms with Crippen LogP contribution < -0.4 is 0 Å². The topological polar surface area (TPSA) is 82.1 Å². The lowest BCUT2D eigenvalue weighted by Crippen LogP contribution is -2.20. The summed E-state index contributed by atoms with van der Waals surface area (Å²) < 4.78 is 15.2. The summed E-state index contributed by atoms with van der Waals surface area (Å²) in [5, 5.41) is 9.77. The molecule has 0 aromatic heterocycles. The largest absolute Gasteiger partial charge is 0.509 e. The first-order valence-electron chi connectivity index (χ1n) is 10.5. The molecule has 0 saturated carbocycles. The van der Waals surface area contributed by atoms with Gasteiger partial charge in [-0.2, -0.15) is 0 Å². The number of hydrogen-bond donors (Lipinski definition) is 1. The Morgan fingerprint density at radius 2 is 1.79 bits per heavy atom. The van der Waals surface area contributed by atoms with E-state index in [0.717, 1.165) is 25.7 Å². The molecule has 0 radical (unpaired) electrons. The van der Waals surface area contributed by atoms with E-state index in [9.17, 15) is 14.7 Å². The van der Waals surface area contributed by atoms with Crippen molar-refractivity contribution in [1.29, 1.82) is 0 Å². The zero-order chi connectivity index (χ0) is 21.3. The highest BCUT2D eigenvalue weighted by Crippen LogP contribution is 2.21. The number of ether oxygens (including phenoxy) is 3. The summed E-state index contributed by atoms with van der Waals surface area (Å²) in [6.45, 7) is 4.27. The Labute approximate surface area is 173 Å². The predicted octanol–water partition coefficient (Wildman–Crippen LogP) is 4.79. The van der Waals surface area contributed by atoms with Crippen LogP contribution in [0.3, 0.4) is 0 Å². The normalized spacial score (nSPS) is 20.7. The molecule has 6 heteroatoms. The molecule has 1 aliphatic heterocycles. The zero-order valence-corrected chi connectivity index (χ0v) is 17.5. The van der Waals surface area contributed by atoms with Gasteiger partial charge < -0.3 is 19.3 Å². The molecule has 0 spiro atoms. The van der Waals surface area contributed by atoms with E-state index in [-0.39, 0.29) is 5.97 Å². The van der Waals surface area contributed by atoms with Crippen molar-refractivity contribution in [2.24, 2.45) is 0 Å². The lowest BCUT2D eigenvalue weighted by molar-refractivity contribution is -0.143. The standard InChI is InChI=1S/C23H34O6/c1-3-5-10-14-19(24)15-11-8-6-7-9-12-16-20-21(29-23(26)28-20)17-13-18-22(25)27-4-2/h6-9,11-12,15-16,19-21,24H,3-5,10,13-14,17-18H2,1-2H3/b8-6-,9-7+,15-11+,16-12+/t19-,20+,21-/m0/s1. The maximum absolute atomic E-state index is 11.4. The van der Waals surface area contributed by atoms with Crippen molar-refractivity contribution in [3.05, 3.63) is 48.6 Å². The maximum atomic E-state index is 11.4. The zero-order valence-electron chi connectivity index (χ0n) is 17.5. The van der Waals surface area contributed by atoms with Crippen molar-refractivity contribution >= 4 is 12.1 Å². The van der Waals surface area contributed by atoms with Gasteiger partial charge in [0.05, 0.1) is 12.7 Å². The summed E-state index contributed by atoms with van der Waals surface area (Å²) in [4.78, 5) is 22.7. The number of carbonyl (C=O) groups is 2. The van der Waals surface area contributed by atoms with Gasteiger partial charge in [0.1, 0.15) is 6.10 Å². The monoisotopic (exact) mass is 406 g/mol. The Morgan fingerprint density at radius 3 is 2.52 bits per heavy atom. The summed E-state index contributed by atoms with van der Waals surface area (Å²) in [5.41, 5.74) is 0. The fourth-order valence-corrected chi connectivity index (χ4v) is 2.79. The van der Waals surface area contributed by atoms with Crippen molar-refractivity contribution in [1.82, 2.24) is 0 Å². The van der Waals surface area contributed by atoms with Crippen LogP contribution >= 0.6 is 0 Å².